The zero-order valence-corrected chi connectivity index (χ0v) is 17.7. The van der Waals surface area contributed by atoms with Crippen LogP contribution in [0.2, 0.25) is 0 Å². The van der Waals surface area contributed by atoms with Crippen molar-refractivity contribution >= 4 is 29.1 Å². The largest absolute Gasteiger partial charge is 0.452 e. The number of carbonyl (C=O) groups is 4. The van der Waals surface area contributed by atoms with Gasteiger partial charge in [0, 0.05) is 27.9 Å². The molecule has 3 aromatic carbocycles. The van der Waals surface area contributed by atoms with Gasteiger partial charge in [-0.05, 0) is 30.5 Å². The number of hydrogen-bond acceptors (Lipinski definition) is 5. The van der Waals surface area contributed by atoms with Gasteiger partial charge in [0.05, 0.1) is 5.56 Å². The summed E-state index contributed by atoms with van der Waals surface area (Å²) in [5.74, 6) is -2.06. The van der Waals surface area contributed by atoms with Gasteiger partial charge in [-0.1, -0.05) is 61.5 Å². The van der Waals surface area contributed by atoms with Crippen molar-refractivity contribution in [2.24, 2.45) is 0 Å². The number of fused-ring (bicyclic) bond motifs is 2. The molecule has 3 aromatic rings. The van der Waals surface area contributed by atoms with E-state index in [0.29, 0.717) is 11.3 Å². The van der Waals surface area contributed by atoms with Crippen LogP contribution in [0.4, 0.5) is 5.69 Å². The first-order valence-corrected chi connectivity index (χ1v) is 10.3. The molecule has 0 spiro atoms. The molecule has 1 aliphatic carbocycles. The molecule has 160 valence electrons. The van der Waals surface area contributed by atoms with Crippen LogP contribution in [0.3, 0.4) is 0 Å². The summed E-state index contributed by atoms with van der Waals surface area (Å²) in [5, 5.41) is 2.79. The predicted octanol–water partition coefficient (Wildman–Crippen LogP) is 4.13. The highest BCUT2D eigenvalue weighted by Crippen LogP contribution is 2.30. The molecule has 1 amide bonds. The monoisotopic (exact) mass is 427 g/mol. The lowest BCUT2D eigenvalue weighted by Crippen LogP contribution is -2.26. The molecule has 0 radical (unpaired) electrons. The van der Waals surface area contributed by atoms with Crippen LogP contribution in [0.25, 0.3) is 0 Å². The van der Waals surface area contributed by atoms with Crippen molar-refractivity contribution in [3.05, 3.63) is 99.6 Å². The van der Waals surface area contributed by atoms with Gasteiger partial charge in [0.1, 0.15) is 0 Å². The smallest absolute Gasteiger partial charge is 0.339 e. The maximum absolute atomic E-state index is 13.0. The SMILES string of the molecule is CCc1cccc(C)c1NC(=O)COC(=O)c1cccc2c1C(=O)c1ccccc1C2=O. The third-order valence-electron chi connectivity index (χ3n) is 5.51. The third-order valence-corrected chi connectivity index (χ3v) is 5.51. The number of ketones is 2. The quantitative estimate of drug-likeness (QED) is 0.484. The zero-order chi connectivity index (χ0) is 22.8. The van der Waals surface area contributed by atoms with E-state index in [4.69, 9.17) is 4.74 Å². The van der Waals surface area contributed by atoms with E-state index < -0.39 is 24.3 Å². The predicted molar refractivity (Wildman–Crippen MR) is 119 cm³/mol. The Bertz CT molecular complexity index is 1270. The molecule has 32 heavy (non-hydrogen) atoms. The first-order chi connectivity index (χ1) is 15.4. The summed E-state index contributed by atoms with van der Waals surface area (Å²) in [7, 11) is 0. The van der Waals surface area contributed by atoms with E-state index in [0.717, 1.165) is 17.5 Å². The lowest BCUT2D eigenvalue weighted by molar-refractivity contribution is -0.119. The minimum atomic E-state index is -0.835. The molecule has 6 heteroatoms. The molecule has 0 bridgehead atoms. The van der Waals surface area contributed by atoms with Crippen molar-refractivity contribution in [3.8, 4) is 0 Å². The molecule has 4 rings (SSSR count). The van der Waals surface area contributed by atoms with Crippen LogP contribution in [0.5, 0.6) is 0 Å². The van der Waals surface area contributed by atoms with Crippen LogP contribution in [-0.4, -0.2) is 30.0 Å². The van der Waals surface area contributed by atoms with Gasteiger partial charge in [0.2, 0.25) is 0 Å². The fourth-order valence-corrected chi connectivity index (χ4v) is 3.90. The van der Waals surface area contributed by atoms with Crippen LogP contribution >= 0.6 is 0 Å². The third kappa shape index (κ3) is 3.71. The number of rotatable bonds is 5. The van der Waals surface area contributed by atoms with Crippen LogP contribution in [0.15, 0.2) is 60.7 Å². The van der Waals surface area contributed by atoms with Gasteiger partial charge in [-0.2, -0.15) is 0 Å². The summed E-state index contributed by atoms with van der Waals surface area (Å²) in [6.45, 7) is 3.36. The molecular weight excluding hydrogens is 406 g/mol. The van der Waals surface area contributed by atoms with E-state index >= 15 is 0 Å². The average molecular weight is 427 g/mol. The van der Waals surface area contributed by atoms with E-state index in [1.54, 1.807) is 24.3 Å². The molecule has 0 heterocycles. The van der Waals surface area contributed by atoms with E-state index in [-0.39, 0.29) is 28.0 Å². The topological polar surface area (TPSA) is 89.5 Å². The van der Waals surface area contributed by atoms with Crippen LogP contribution in [0.1, 0.15) is 60.3 Å². The van der Waals surface area contributed by atoms with Crippen LogP contribution in [-0.2, 0) is 16.0 Å². The number of aryl methyl sites for hydroxylation is 2. The van der Waals surface area contributed by atoms with Crippen molar-refractivity contribution in [3.63, 3.8) is 0 Å². The Labute approximate surface area is 185 Å². The number of carbonyl (C=O) groups excluding carboxylic acids is 4. The second-order valence-electron chi connectivity index (χ2n) is 7.52. The first-order valence-electron chi connectivity index (χ1n) is 10.3. The molecule has 6 nitrogen and oxygen atoms in total. The highest BCUT2D eigenvalue weighted by molar-refractivity contribution is 6.30. The number of para-hydroxylation sites is 1. The summed E-state index contributed by atoms with van der Waals surface area (Å²) >= 11 is 0. The molecule has 0 saturated carbocycles. The van der Waals surface area contributed by atoms with Gasteiger partial charge in [0.25, 0.3) is 5.91 Å². The summed E-state index contributed by atoms with van der Waals surface area (Å²) in [5.41, 5.74) is 3.26. The Balaban J connectivity index is 1.54. The Morgan fingerprint density at radius 1 is 0.844 bits per heavy atom. The van der Waals surface area contributed by atoms with Crippen molar-refractivity contribution in [1.82, 2.24) is 0 Å². The lowest BCUT2D eigenvalue weighted by atomic mass is 9.82. The molecule has 0 saturated heterocycles. The van der Waals surface area contributed by atoms with Gasteiger partial charge in [0.15, 0.2) is 18.2 Å². The Morgan fingerprint density at radius 2 is 1.50 bits per heavy atom. The van der Waals surface area contributed by atoms with Gasteiger partial charge in [-0.3, -0.25) is 14.4 Å². The van der Waals surface area contributed by atoms with Gasteiger partial charge >= 0.3 is 5.97 Å². The van der Waals surface area contributed by atoms with E-state index in [1.165, 1.54) is 18.2 Å². The fourth-order valence-electron chi connectivity index (χ4n) is 3.90. The standard InChI is InChI=1S/C26H21NO5/c1-3-16-9-6-8-15(2)23(16)27-21(28)14-32-26(31)20-13-7-12-19-22(20)25(30)18-11-5-4-10-17(18)24(19)29/h4-13H,3,14H2,1-2H3,(H,27,28). The fraction of sp³-hybridized carbons (Fsp3) is 0.154. The minimum absolute atomic E-state index is 0.00813. The van der Waals surface area contributed by atoms with Gasteiger partial charge < -0.3 is 10.1 Å². The highest BCUT2D eigenvalue weighted by atomic mass is 16.5. The van der Waals surface area contributed by atoms with Crippen molar-refractivity contribution in [2.45, 2.75) is 20.3 Å². The molecule has 0 fully saturated rings. The summed E-state index contributed by atoms with van der Waals surface area (Å²) < 4.78 is 5.20. The highest BCUT2D eigenvalue weighted by Gasteiger charge is 2.33. The first kappa shape index (κ1) is 21.2. The summed E-state index contributed by atoms with van der Waals surface area (Å²) in [6, 6.07) is 16.7. The molecule has 0 atom stereocenters. The number of anilines is 1. The van der Waals surface area contributed by atoms with E-state index in [1.807, 2.05) is 32.0 Å². The number of nitrogens with one attached hydrogen (secondary N) is 1. The number of hydrogen-bond donors (Lipinski definition) is 1. The molecule has 1 aliphatic rings. The second kappa shape index (κ2) is 8.59. The maximum atomic E-state index is 13.0. The lowest BCUT2D eigenvalue weighted by Gasteiger charge is -2.19. The number of amides is 1. The Morgan fingerprint density at radius 3 is 2.22 bits per heavy atom. The van der Waals surface area contributed by atoms with E-state index in [9.17, 15) is 19.2 Å². The number of esters is 1. The summed E-state index contributed by atoms with van der Waals surface area (Å²) in [6.07, 6.45) is 0.741. The average Bonchev–Trinajstić information content (AvgIpc) is 2.81. The van der Waals surface area contributed by atoms with Crippen molar-refractivity contribution < 1.29 is 23.9 Å². The van der Waals surface area contributed by atoms with Gasteiger partial charge in [-0.25, -0.2) is 4.79 Å². The molecule has 0 unspecified atom stereocenters. The van der Waals surface area contributed by atoms with E-state index in [2.05, 4.69) is 5.32 Å². The Hall–Kier alpha value is -4.06. The molecule has 0 aliphatic heterocycles. The van der Waals surface area contributed by atoms with Crippen LogP contribution in [0, 0.1) is 6.92 Å². The second-order valence-corrected chi connectivity index (χ2v) is 7.52. The molecule has 1 N–H and O–H groups in total. The summed E-state index contributed by atoms with van der Waals surface area (Å²) in [4.78, 5) is 51.0. The van der Waals surface area contributed by atoms with Crippen LogP contribution < -0.4 is 5.32 Å². The minimum Gasteiger partial charge on any atom is -0.452 e. The molecule has 0 aromatic heterocycles. The number of benzene rings is 3. The molecular formula is C26H21NO5. The Kier molecular flexibility index (Phi) is 5.69. The normalized spacial score (nSPS) is 12.1. The van der Waals surface area contributed by atoms with Gasteiger partial charge in [-0.15, -0.1) is 0 Å². The van der Waals surface area contributed by atoms with Crippen molar-refractivity contribution in [2.75, 3.05) is 11.9 Å². The zero-order valence-electron chi connectivity index (χ0n) is 17.7. The maximum Gasteiger partial charge on any atom is 0.339 e. The van der Waals surface area contributed by atoms with Crippen molar-refractivity contribution in [1.29, 1.82) is 0 Å². The number of ether oxygens (including phenoxy) is 1.